The topological polar surface area (TPSA) is 111 Å². The molecule has 1 aliphatic rings. The van der Waals surface area contributed by atoms with Gasteiger partial charge in [-0.2, -0.15) is 13.2 Å². The third-order valence-electron chi connectivity index (χ3n) is 5.09. The van der Waals surface area contributed by atoms with Gasteiger partial charge in [-0.1, -0.05) is 20.8 Å². The molecule has 1 saturated carbocycles. The van der Waals surface area contributed by atoms with E-state index in [2.05, 4.69) is 44.1 Å². The van der Waals surface area contributed by atoms with Gasteiger partial charge in [-0.15, -0.1) is 10.2 Å². The maximum atomic E-state index is 10.6. The summed E-state index contributed by atoms with van der Waals surface area (Å²) < 4.78 is 43.8. The van der Waals surface area contributed by atoms with E-state index in [4.69, 9.17) is 24.5 Å². The summed E-state index contributed by atoms with van der Waals surface area (Å²) in [7, 11) is -1.82. The Morgan fingerprint density at radius 2 is 1.82 bits per heavy atom. The second kappa shape index (κ2) is 8.91. The molecule has 2 rings (SSSR count). The molecule has 0 bridgehead atoms. The largest absolute Gasteiger partial charge is 0.490 e. The first kappa shape index (κ1) is 24.6. The standard InChI is InChI=1S/C15H29N3O2Si.C2HF3O2/c1-10(20-21(5,6)15(2,3)4)14-18-17-13(19-14)9-11-7-12(16)8-11;3-2(4,5)1(6)7/h10-12H,7-9,16H2,1-6H3;(H,6,7)/t10-,11?,12?;/m0./s1. The van der Waals surface area contributed by atoms with Crippen molar-refractivity contribution in [3.8, 4) is 0 Å². The van der Waals surface area contributed by atoms with E-state index >= 15 is 0 Å². The first-order valence-electron chi connectivity index (χ1n) is 9.08. The number of nitrogens with two attached hydrogens (primary N) is 1. The van der Waals surface area contributed by atoms with Gasteiger partial charge >= 0.3 is 12.1 Å². The number of aliphatic carboxylic acids is 1. The van der Waals surface area contributed by atoms with Crippen LogP contribution in [-0.4, -0.2) is 41.8 Å². The van der Waals surface area contributed by atoms with Gasteiger partial charge in [0.05, 0.1) is 0 Å². The summed E-state index contributed by atoms with van der Waals surface area (Å²) in [5, 5.41) is 15.6. The van der Waals surface area contributed by atoms with Gasteiger partial charge in [-0.3, -0.25) is 0 Å². The average Bonchev–Trinajstić information content (AvgIpc) is 2.92. The molecular weight excluding hydrogens is 395 g/mol. The Morgan fingerprint density at radius 1 is 1.32 bits per heavy atom. The van der Waals surface area contributed by atoms with Crippen LogP contribution >= 0.6 is 0 Å². The fraction of sp³-hybridized carbons (Fsp3) is 0.824. The monoisotopic (exact) mass is 425 g/mol. The highest BCUT2D eigenvalue weighted by Gasteiger charge is 2.40. The molecule has 0 saturated heterocycles. The molecule has 1 aromatic heterocycles. The molecule has 3 N–H and O–H groups in total. The fourth-order valence-electron chi connectivity index (χ4n) is 2.38. The summed E-state index contributed by atoms with van der Waals surface area (Å²) >= 11 is 0. The molecule has 0 amide bonds. The number of carbonyl (C=O) groups is 1. The zero-order valence-electron chi connectivity index (χ0n) is 17.1. The molecule has 1 aliphatic carbocycles. The van der Waals surface area contributed by atoms with E-state index in [-0.39, 0.29) is 11.1 Å². The molecule has 1 heterocycles. The van der Waals surface area contributed by atoms with Crippen molar-refractivity contribution in [3.05, 3.63) is 11.8 Å². The highest BCUT2D eigenvalue weighted by atomic mass is 28.4. The van der Waals surface area contributed by atoms with Gasteiger partial charge in [0.2, 0.25) is 11.8 Å². The number of hydrogen-bond donors (Lipinski definition) is 2. The predicted octanol–water partition coefficient (Wildman–Crippen LogP) is 4.07. The molecule has 11 heteroatoms. The van der Waals surface area contributed by atoms with Crippen LogP contribution < -0.4 is 5.73 Å². The van der Waals surface area contributed by atoms with Crippen molar-refractivity contribution in [1.82, 2.24) is 10.2 Å². The first-order chi connectivity index (χ1) is 12.5. The Balaban J connectivity index is 0.000000480. The fourth-order valence-corrected chi connectivity index (χ4v) is 3.72. The highest BCUT2D eigenvalue weighted by molar-refractivity contribution is 6.74. The minimum atomic E-state index is -5.08. The molecule has 1 aromatic rings. The summed E-state index contributed by atoms with van der Waals surface area (Å²) in [6, 6.07) is 0.359. The summed E-state index contributed by atoms with van der Waals surface area (Å²) in [5.74, 6) is -0.844. The molecule has 0 aromatic carbocycles. The third kappa shape index (κ3) is 7.17. The number of carboxylic acids is 1. The SMILES string of the molecule is C[C@H](O[Si](C)(C)C(C)(C)C)c1nnc(CC2CC(N)C2)o1.O=C(O)C(F)(F)F. The van der Waals surface area contributed by atoms with E-state index in [0.717, 1.165) is 19.3 Å². The zero-order chi connectivity index (χ0) is 21.9. The number of hydrogen-bond acceptors (Lipinski definition) is 6. The molecule has 0 unspecified atom stereocenters. The quantitative estimate of drug-likeness (QED) is 0.684. The van der Waals surface area contributed by atoms with Crippen LogP contribution in [0.5, 0.6) is 0 Å². The number of carboxylic acid groups (broad SMARTS) is 1. The second-order valence-corrected chi connectivity index (χ2v) is 13.4. The number of rotatable bonds is 5. The van der Waals surface area contributed by atoms with Crippen molar-refractivity contribution in [3.63, 3.8) is 0 Å². The van der Waals surface area contributed by atoms with E-state index < -0.39 is 20.5 Å². The minimum absolute atomic E-state index is 0.143. The molecule has 1 fully saturated rings. The van der Waals surface area contributed by atoms with Gasteiger partial charge in [-0.25, -0.2) is 4.79 Å². The highest BCUT2D eigenvalue weighted by Crippen LogP contribution is 2.39. The van der Waals surface area contributed by atoms with Crippen molar-refractivity contribution in [2.45, 2.75) is 83.4 Å². The van der Waals surface area contributed by atoms with Gasteiger partial charge in [0.1, 0.15) is 6.10 Å². The average molecular weight is 426 g/mol. The zero-order valence-corrected chi connectivity index (χ0v) is 18.1. The van der Waals surface area contributed by atoms with Crippen molar-refractivity contribution in [2.75, 3.05) is 0 Å². The first-order valence-corrected chi connectivity index (χ1v) is 12.0. The van der Waals surface area contributed by atoms with Gasteiger partial charge in [0.25, 0.3) is 0 Å². The van der Waals surface area contributed by atoms with Crippen LogP contribution in [0.25, 0.3) is 0 Å². The van der Waals surface area contributed by atoms with Gasteiger partial charge < -0.3 is 19.7 Å². The van der Waals surface area contributed by atoms with E-state index in [1.807, 2.05) is 6.92 Å². The van der Waals surface area contributed by atoms with Gasteiger partial charge in [-0.05, 0) is 43.8 Å². The molecule has 0 spiro atoms. The van der Waals surface area contributed by atoms with Crippen molar-refractivity contribution in [2.24, 2.45) is 11.7 Å². The third-order valence-corrected chi connectivity index (χ3v) is 9.64. The smallest absolute Gasteiger partial charge is 0.475 e. The number of nitrogens with zero attached hydrogens (tertiary/aromatic N) is 2. The Labute approximate surface area is 164 Å². The molecule has 0 aliphatic heterocycles. The maximum Gasteiger partial charge on any atom is 0.490 e. The van der Waals surface area contributed by atoms with Crippen molar-refractivity contribution < 1.29 is 31.9 Å². The van der Waals surface area contributed by atoms with Crippen LogP contribution in [0.2, 0.25) is 18.1 Å². The van der Waals surface area contributed by atoms with E-state index in [9.17, 15) is 13.2 Å². The molecule has 1 atom stereocenters. The Kier molecular flexibility index (Phi) is 7.82. The minimum Gasteiger partial charge on any atom is -0.475 e. The van der Waals surface area contributed by atoms with Crippen molar-refractivity contribution in [1.29, 1.82) is 0 Å². The van der Waals surface area contributed by atoms with Gasteiger partial charge in [0, 0.05) is 12.5 Å². The lowest BCUT2D eigenvalue weighted by Crippen LogP contribution is -2.41. The predicted molar refractivity (Wildman–Crippen MR) is 99.1 cm³/mol. The van der Waals surface area contributed by atoms with Crippen LogP contribution in [0.15, 0.2) is 4.42 Å². The van der Waals surface area contributed by atoms with Crippen LogP contribution in [0.4, 0.5) is 13.2 Å². The van der Waals surface area contributed by atoms with Crippen LogP contribution in [0.1, 0.15) is 58.4 Å². The van der Waals surface area contributed by atoms with Crippen LogP contribution in [-0.2, 0) is 15.6 Å². The normalized spacial score (nSPS) is 21.4. The lowest BCUT2D eigenvalue weighted by atomic mass is 9.79. The number of halogens is 3. The Hall–Kier alpha value is -1.46. The van der Waals surface area contributed by atoms with E-state index in [1.54, 1.807) is 0 Å². The molecule has 28 heavy (non-hydrogen) atoms. The van der Waals surface area contributed by atoms with E-state index in [0.29, 0.717) is 23.7 Å². The number of alkyl halides is 3. The summed E-state index contributed by atoms with van der Waals surface area (Å²) in [6.45, 7) is 13.1. The summed E-state index contributed by atoms with van der Waals surface area (Å²) in [6.07, 6.45) is -2.26. The lowest BCUT2D eigenvalue weighted by Gasteiger charge is -2.37. The molecule has 7 nitrogen and oxygen atoms in total. The van der Waals surface area contributed by atoms with E-state index in [1.165, 1.54) is 0 Å². The Morgan fingerprint density at radius 3 is 2.21 bits per heavy atom. The molecule has 162 valence electrons. The number of aromatic nitrogens is 2. The second-order valence-electron chi connectivity index (χ2n) is 8.66. The molecular formula is C17H30F3N3O4Si. The maximum absolute atomic E-state index is 10.6. The summed E-state index contributed by atoms with van der Waals surface area (Å²) in [5.41, 5.74) is 5.80. The van der Waals surface area contributed by atoms with Crippen LogP contribution in [0, 0.1) is 5.92 Å². The lowest BCUT2D eigenvalue weighted by molar-refractivity contribution is -0.192. The Bertz CT molecular complexity index is 653. The van der Waals surface area contributed by atoms with Crippen LogP contribution in [0.3, 0.4) is 0 Å². The van der Waals surface area contributed by atoms with Crippen molar-refractivity contribution >= 4 is 14.3 Å². The molecule has 0 radical (unpaired) electrons. The van der Waals surface area contributed by atoms with Gasteiger partial charge in [0.15, 0.2) is 8.32 Å². The summed E-state index contributed by atoms with van der Waals surface area (Å²) in [4.78, 5) is 8.90.